The summed E-state index contributed by atoms with van der Waals surface area (Å²) in [7, 11) is -3.26. The van der Waals surface area contributed by atoms with Crippen molar-refractivity contribution < 1.29 is 12.8 Å². The fraction of sp³-hybridized carbons (Fsp3) is 0.214. The van der Waals surface area contributed by atoms with Gasteiger partial charge in [0, 0.05) is 24.6 Å². The number of rotatable bonds is 5. The number of hydrogen-bond acceptors (Lipinski definition) is 4. The number of aromatic nitrogens is 2. The summed E-state index contributed by atoms with van der Waals surface area (Å²) in [5, 5.41) is 4.05. The van der Waals surface area contributed by atoms with Crippen molar-refractivity contribution in [1.29, 1.82) is 0 Å². The van der Waals surface area contributed by atoms with Crippen molar-refractivity contribution in [3.05, 3.63) is 48.6 Å². The maximum absolute atomic E-state index is 13.4. The van der Waals surface area contributed by atoms with Gasteiger partial charge in [-0.2, -0.15) is 5.10 Å². The van der Waals surface area contributed by atoms with Crippen molar-refractivity contribution in [2.45, 2.75) is 11.4 Å². The molecule has 8 heteroatoms. The number of halogens is 2. The van der Waals surface area contributed by atoms with Crippen molar-refractivity contribution in [3.8, 4) is 11.1 Å². The van der Waals surface area contributed by atoms with Gasteiger partial charge in [0.25, 0.3) is 0 Å². The Kier molecular flexibility index (Phi) is 6.28. The molecule has 120 valence electrons. The molecule has 2 aromatic rings. The Bertz CT molecular complexity index is 772. The topological polar surface area (TPSA) is 78.0 Å². The Hall–Kier alpha value is -1.70. The molecule has 5 nitrogen and oxygen atoms in total. The molecule has 0 spiro atoms. The molecular weight excluding hydrogens is 329 g/mol. The molecule has 1 aromatic heterocycles. The molecule has 2 rings (SSSR count). The Morgan fingerprint density at radius 1 is 1.41 bits per heavy atom. The van der Waals surface area contributed by atoms with Crippen LogP contribution >= 0.6 is 12.4 Å². The lowest BCUT2D eigenvalue weighted by atomic mass is 10.1. The van der Waals surface area contributed by atoms with Crippen LogP contribution in [0, 0.1) is 0 Å². The van der Waals surface area contributed by atoms with Crippen LogP contribution in [0.15, 0.2) is 53.5 Å². The molecule has 0 fully saturated rings. The minimum Gasteiger partial charge on any atom is -0.327 e. The molecule has 0 aliphatic rings. The first-order valence-electron chi connectivity index (χ1n) is 6.27. The first kappa shape index (κ1) is 18.3. The SMILES string of the molecule is CS(=O)(=O)c1cccc(-c2cnn(C/C(F)=C/CN)c2)c1.Cl. The highest BCUT2D eigenvalue weighted by molar-refractivity contribution is 7.90. The number of nitrogens with zero attached hydrogens (tertiary/aromatic N) is 2. The van der Waals surface area contributed by atoms with E-state index in [4.69, 9.17) is 5.73 Å². The summed E-state index contributed by atoms with van der Waals surface area (Å²) in [5.74, 6) is -0.364. The van der Waals surface area contributed by atoms with Gasteiger partial charge in [-0.05, 0) is 23.8 Å². The van der Waals surface area contributed by atoms with Crippen LogP contribution in [0.25, 0.3) is 11.1 Å². The quantitative estimate of drug-likeness (QED) is 0.901. The number of allylic oxidation sites excluding steroid dienone is 1. The summed E-state index contributed by atoms with van der Waals surface area (Å²) in [6.07, 6.45) is 5.66. The van der Waals surface area contributed by atoms with E-state index in [1.165, 1.54) is 16.8 Å². The van der Waals surface area contributed by atoms with Crippen LogP contribution in [0.3, 0.4) is 0 Å². The zero-order valence-electron chi connectivity index (χ0n) is 11.9. The summed E-state index contributed by atoms with van der Waals surface area (Å²) in [6.45, 7) is 0.138. The van der Waals surface area contributed by atoms with E-state index >= 15 is 0 Å². The maximum atomic E-state index is 13.4. The molecule has 0 saturated heterocycles. The molecule has 0 bridgehead atoms. The largest absolute Gasteiger partial charge is 0.327 e. The molecule has 0 unspecified atom stereocenters. The summed E-state index contributed by atoms with van der Waals surface area (Å²) in [5.41, 5.74) is 6.67. The monoisotopic (exact) mass is 345 g/mol. The van der Waals surface area contributed by atoms with E-state index in [0.717, 1.165) is 11.8 Å². The second kappa shape index (κ2) is 7.53. The molecule has 22 heavy (non-hydrogen) atoms. The first-order chi connectivity index (χ1) is 9.90. The summed E-state index contributed by atoms with van der Waals surface area (Å²) < 4.78 is 37.9. The van der Waals surface area contributed by atoms with Crippen molar-refractivity contribution >= 4 is 22.2 Å². The van der Waals surface area contributed by atoms with Crippen LogP contribution in [0.4, 0.5) is 4.39 Å². The van der Waals surface area contributed by atoms with Crippen LogP contribution in [0.1, 0.15) is 0 Å². The van der Waals surface area contributed by atoms with Gasteiger partial charge in [0.1, 0.15) is 5.83 Å². The minimum absolute atomic E-state index is 0. The Morgan fingerprint density at radius 3 is 2.77 bits per heavy atom. The van der Waals surface area contributed by atoms with Gasteiger partial charge in [-0.25, -0.2) is 12.8 Å². The van der Waals surface area contributed by atoms with E-state index in [1.54, 1.807) is 30.6 Å². The summed E-state index contributed by atoms with van der Waals surface area (Å²) in [6, 6.07) is 6.55. The van der Waals surface area contributed by atoms with Crippen LogP contribution in [0.2, 0.25) is 0 Å². The molecule has 0 amide bonds. The molecular formula is C14H17ClFN3O2S. The van der Waals surface area contributed by atoms with Gasteiger partial charge in [0.05, 0.1) is 17.6 Å². The average molecular weight is 346 g/mol. The summed E-state index contributed by atoms with van der Waals surface area (Å²) in [4.78, 5) is 0.238. The second-order valence-corrected chi connectivity index (χ2v) is 6.63. The van der Waals surface area contributed by atoms with Gasteiger partial charge in [0.2, 0.25) is 0 Å². The number of hydrogen-bond donors (Lipinski definition) is 1. The molecule has 1 heterocycles. The summed E-state index contributed by atoms with van der Waals surface area (Å²) >= 11 is 0. The average Bonchev–Trinajstić information content (AvgIpc) is 2.86. The lowest BCUT2D eigenvalue weighted by Crippen LogP contribution is -2.01. The Balaban J connectivity index is 0.00000242. The number of nitrogens with two attached hydrogens (primary N) is 1. The van der Waals surface area contributed by atoms with E-state index in [9.17, 15) is 12.8 Å². The second-order valence-electron chi connectivity index (χ2n) is 4.61. The van der Waals surface area contributed by atoms with Gasteiger partial charge in [-0.1, -0.05) is 12.1 Å². The van der Waals surface area contributed by atoms with Crippen molar-refractivity contribution in [1.82, 2.24) is 9.78 Å². The fourth-order valence-electron chi connectivity index (χ4n) is 1.85. The lowest BCUT2D eigenvalue weighted by molar-refractivity contribution is 0.525. The molecule has 0 aliphatic heterocycles. The molecule has 0 saturated carbocycles. The number of sulfone groups is 1. The zero-order chi connectivity index (χ0) is 15.5. The Morgan fingerprint density at radius 2 is 2.14 bits per heavy atom. The molecule has 0 atom stereocenters. The van der Waals surface area contributed by atoms with Gasteiger partial charge < -0.3 is 5.73 Å². The molecule has 1 aromatic carbocycles. The van der Waals surface area contributed by atoms with E-state index < -0.39 is 9.84 Å². The van der Waals surface area contributed by atoms with E-state index in [-0.39, 0.29) is 36.2 Å². The van der Waals surface area contributed by atoms with Gasteiger partial charge in [0.15, 0.2) is 9.84 Å². The molecule has 2 N–H and O–H groups in total. The highest BCUT2D eigenvalue weighted by atomic mass is 35.5. The third kappa shape index (κ3) is 4.66. The van der Waals surface area contributed by atoms with Crippen LogP contribution in [0.5, 0.6) is 0 Å². The maximum Gasteiger partial charge on any atom is 0.175 e. The fourth-order valence-corrected chi connectivity index (χ4v) is 2.52. The highest BCUT2D eigenvalue weighted by Gasteiger charge is 2.09. The minimum atomic E-state index is -3.26. The van der Waals surface area contributed by atoms with Crippen LogP contribution < -0.4 is 5.73 Å². The van der Waals surface area contributed by atoms with Crippen molar-refractivity contribution in [2.24, 2.45) is 5.73 Å². The zero-order valence-corrected chi connectivity index (χ0v) is 13.6. The smallest absolute Gasteiger partial charge is 0.175 e. The van der Waals surface area contributed by atoms with Crippen LogP contribution in [-0.2, 0) is 16.4 Å². The Labute approximate surface area is 135 Å². The van der Waals surface area contributed by atoms with Gasteiger partial charge in [-0.3, -0.25) is 4.68 Å². The van der Waals surface area contributed by atoms with E-state index in [1.807, 2.05) is 0 Å². The predicted molar refractivity (Wildman–Crippen MR) is 86.3 cm³/mol. The van der Waals surface area contributed by atoms with Crippen molar-refractivity contribution in [2.75, 3.05) is 12.8 Å². The third-order valence-electron chi connectivity index (χ3n) is 2.88. The first-order valence-corrected chi connectivity index (χ1v) is 8.17. The van der Waals surface area contributed by atoms with E-state index in [0.29, 0.717) is 5.56 Å². The van der Waals surface area contributed by atoms with E-state index in [2.05, 4.69) is 5.10 Å². The highest BCUT2D eigenvalue weighted by Crippen LogP contribution is 2.22. The van der Waals surface area contributed by atoms with Crippen LogP contribution in [-0.4, -0.2) is 31.0 Å². The lowest BCUT2D eigenvalue weighted by Gasteiger charge is -2.01. The molecule has 0 aliphatic carbocycles. The van der Waals surface area contributed by atoms with Gasteiger partial charge in [-0.15, -0.1) is 12.4 Å². The van der Waals surface area contributed by atoms with Crippen molar-refractivity contribution in [3.63, 3.8) is 0 Å². The normalized spacial score (nSPS) is 12.0. The predicted octanol–water partition coefficient (Wildman–Crippen LogP) is 2.19. The standard InChI is InChI=1S/C14H16FN3O2S.ClH/c1-21(19,20)14-4-2-3-11(7-14)12-8-17-18(9-12)10-13(15)5-6-16;/h2-5,7-9H,6,10,16H2,1H3;1H/b13-5-;. The third-order valence-corrected chi connectivity index (χ3v) is 3.99. The molecule has 0 radical (unpaired) electrons. The van der Waals surface area contributed by atoms with Gasteiger partial charge >= 0.3 is 0 Å². The number of benzene rings is 1.